The van der Waals surface area contributed by atoms with Gasteiger partial charge in [-0.2, -0.15) is 4.31 Å². The average molecular weight is 545 g/mol. The van der Waals surface area contributed by atoms with Gasteiger partial charge in [0.15, 0.2) is 5.13 Å². The summed E-state index contributed by atoms with van der Waals surface area (Å²) in [6, 6.07) is 14.0. The van der Waals surface area contributed by atoms with Gasteiger partial charge in [0.05, 0.1) is 21.2 Å². The van der Waals surface area contributed by atoms with Crippen molar-refractivity contribution in [2.24, 2.45) is 5.92 Å². The van der Waals surface area contributed by atoms with Crippen molar-refractivity contribution in [3.05, 3.63) is 83.4 Å². The molecule has 1 aliphatic rings. The molecule has 36 heavy (non-hydrogen) atoms. The van der Waals surface area contributed by atoms with Crippen LogP contribution in [0.25, 0.3) is 10.2 Å². The third-order valence-electron chi connectivity index (χ3n) is 6.17. The lowest BCUT2D eigenvalue weighted by Crippen LogP contribution is -2.44. The molecule has 1 aliphatic heterocycles. The molecule has 0 radical (unpaired) electrons. The molecule has 1 amide bonds. The molecule has 7 nitrogen and oxygen atoms in total. The second-order valence-corrected chi connectivity index (χ2v) is 11.9. The second-order valence-electron chi connectivity index (χ2n) is 8.50. The molecule has 4 aromatic rings. The van der Waals surface area contributed by atoms with E-state index in [-0.39, 0.29) is 36.4 Å². The summed E-state index contributed by atoms with van der Waals surface area (Å²) in [5.41, 5.74) is 1.50. The summed E-state index contributed by atoms with van der Waals surface area (Å²) in [5, 5.41) is 1.05. The highest BCUT2D eigenvalue weighted by atomic mass is 35.5. The number of carbonyl (C=O) groups excluding carboxylic acids is 1. The van der Waals surface area contributed by atoms with Crippen molar-refractivity contribution in [3.8, 4) is 0 Å². The van der Waals surface area contributed by atoms with Gasteiger partial charge >= 0.3 is 0 Å². The number of halogens is 2. The van der Waals surface area contributed by atoms with Crippen LogP contribution in [0.2, 0.25) is 5.02 Å². The van der Waals surface area contributed by atoms with Crippen molar-refractivity contribution in [3.63, 3.8) is 0 Å². The lowest BCUT2D eigenvalue weighted by molar-refractivity contribution is -0.123. The van der Waals surface area contributed by atoms with Crippen LogP contribution in [0.1, 0.15) is 18.4 Å². The molecule has 11 heteroatoms. The largest absolute Gasteiger partial charge is 0.283 e. The SMILES string of the molecule is O=C(C1CCN(S(=O)(=O)c2ccc(F)cc2)CC1)N(Cc1cccnc1)c1nc2c(Cl)cccc2s1. The third-order valence-corrected chi connectivity index (χ3v) is 9.43. The zero-order chi connectivity index (χ0) is 25.3. The molecule has 1 fully saturated rings. The number of rotatable bonds is 6. The molecular formula is C25H22ClFN4O3S2. The summed E-state index contributed by atoms with van der Waals surface area (Å²) in [6.07, 6.45) is 4.12. The van der Waals surface area contributed by atoms with Gasteiger partial charge in [0.25, 0.3) is 0 Å². The van der Waals surface area contributed by atoms with E-state index in [9.17, 15) is 17.6 Å². The van der Waals surface area contributed by atoms with Gasteiger partial charge in [0.1, 0.15) is 11.3 Å². The maximum atomic E-state index is 13.8. The van der Waals surface area contributed by atoms with E-state index in [0.29, 0.717) is 28.5 Å². The Kier molecular flexibility index (Phi) is 7.03. The van der Waals surface area contributed by atoms with E-state index in [1.54, 1.807) is 23.4 Å². The number of thiazole rings is 1. The van der Waals surface area contributed by atoms with E-state index >= 15 is 0 Å². The number of hydrogen-bond donors (Lipinski definition) is 0. The first-order valence-corrected chi connectivity index (χ1v) is 14.0. The maximum Gasteiger partial charge on any atom is 0.243 e. The van der Waals surface area contributed by atoms with E-state index in [1.165, 1.54) is 27.8 Å². The Morgan fingerprint density at radius 2 is 1.86 bits per heavy atom. The first-order valence-electron chi connectivity index (χ1n) is 11.3. The molecule has 1 saturated heterocycles. The Hall–Kier alpha value is -2.92. The summed E-state index contributed by atoms with van der Waals surface area (Å²) in [6.45, 7) is 0.684. The highest BCUT2D eigenvalue weighted by Gasteiger charge is 2.35. The quantitative estimate of drug-likeness (QED) is 0.336. The van der Waals surface area contributed by atoms with Crippen molar-refractivity contribution in [2.75, 3.05) is 18.0 Å². The van der Waals surface area contributed by atoms with E-state index < -0.39 is 15.8 Å². The number of carbonyl (C=O) groups is 1. The summed E-state index contributed by atoms with van der Waals surface area (Å²) in [4.78, 5) is 24.3. The normalized spacial score (nSPS) is 15.3. The van der Waals surface area contributed by atoms with Gasteiger partial charge in [-0.05, 0) is 60.9 Å². The van der Waals surface area contributed by atoms with Crippen LogP contribution < -0.4 is 4.90 Å². The molecule has 5 rings (SSSR count). The average Bonchev–Trinajstić information content (AvgIpc) is 3.33. The minimum Gasteiger partial charge on any atom is -0.283 e. The Bertz CT molecular complexity index is 1490. The van der Waals surface area contributed by atoms with Gasteiger partial charge in [-0.25, -0.2) is 17.8 Å². The first kappa shape index (κ1) is 24.8. The smallest absolute Gasteiger partial charge is 0.243 e. The van der Waals surface area contributed by atoms with Crippen molar-refractivity contribution < 1.29 is 17.6 Å². The number of anilines is 1. The molecule has 0 aliphatic carbocycles. The number of fused-ring (bicyclic) bond motifs is 1. The highest BCUT2D eigenvalue weighted by molar-refractivity contribution is 7.89. The van der Waals surface area contributed by atoms with Gasteiger partial charge in [-0.1, -0.05) is 35.1 Å². The van der Waals surface area contributed by atoms with Crippen LogP contribution >= 0.6 is 22.9 Å². The van der Waals surface area contributed by atoms with Crippen LogP contribution in [0.15, 0.2) is 71.9 Å². The highest BCUT2D eigenvalue weighted by Crippen LogP contribution is 2.35. The number of aromatic nitrogens is 2. The Morgan fingerprint density at radius 3 is 2.53 bits per heavy atom. The van der Waals surface area contributed by atoms with E-state index in [2.05, 4.69) is 9.97 Å². The molecule has 2 aromatic heterocycles. The summed E-state index contributed by atoms with van der Waals surface area (Å²) in [7, 11) is -3.76. The first-order chi connectivity index (χ1) is 17.3. The minimum atomic E-state index is -3.76. The van der Waals surface area contributed by atoms with Crippen LogP contribution in [0.5, 0.6) is 0 Å². The molecule has 186 valence electrons. The van der Waals surface area contributed by atoms with Gasteiger partial charge in [0.2, 0.25) is 15.9 Å². The molecule has 0 spiro atoms. The number of sulfonamides is 1. The van der Waals surface area contributed by atoms with Gasteiger partial charge in [0, 0.05) is 31.4 Å². The van der Waals surface area contributed by atoms with Crippen molar-refractivity contribution in [1.29, 1.82) is 0 Å². The number of amides is 1. The van der Waals surface area contributed by atoms with Crippen molar-refractivity contribution >= 4 is 54.2 Å². The Labute approximate surface area is 217 Å². The van der Waals surface area contributed by atoms with Crippen LogP contribution in [0.3, 0.4) is 0 Å². The second kappa shape index (κ2) is 10.2. The predicted molar refractivity (Wildman–Crippen MR) is 138 cm³/mol. The van der Waals surface area contributed by atoms with Crippen molar-refractivity contribution in [1.82, 2.24) is 14.3 Å². The topological polar surface area (TPSA) is 83.5 Å². The number of piperidine rings is 1. The molecule has 0 bridgehead atoms. The Morgan fingerprint density at radius 1 is 1.11 bits per heavy atom. The van der Waals surface area contributed by atoms with Crippen LogP contribution in [0.4, 0.5) is 9.52 Å². The molecule has 0 saturated carbocycles. The Balaban J connectivity index is 1.37. The van der Waals surface area contributed by atoms with Crippen LogP contribution in [0, 0.1) is 11.7 Å². The van der Waals surface area contributed by atoms with Crippen molar-refractivity contribution in [2.45, 2.75) is 24.3 Å². The van der Waals surface area contributed by atoms with Crippen LogP contribution in [-0.2, 0) is 21.4 Å². The van der Waals surface area contributed by atoms with E-state index in [1.807, 2.05) is 24.3 Å². The van der Waals surface area contributed by atoms with Gasteiger partial charge in [-0.15, -0.1) is 0 Å². The monoisotopic (exact) mass is 544 g/mol. The van der Waals surface area contributed by atoms with Crippen LogP contribution in [-0.4, -0.2) is 41.7 Å². The van der Waals surface area contributed by atoms with Gasteiger partial charge < -0.3 is 0 Å². The zero-order valence-electron chi connectivity index (χ0n) is 19.0. The molecule has 2 aromatic carbocycles. The molecular weight excluding hydrogens is 523 g/mol. The third kappa shape index (κ3) is 4.99. The summed E-state index contributed by atoms with van der Waals surface area (Å²) < 4.78 is 41.5. The fraction of sp³-hybridized carbons (Fsp3) is 0.240. The fourth-order valence-corrected chi connectivity index (χ4v) is 6.99. The minimum absolute atomic E-state index is 0.0400. The van der Waals surface area contributed by atoms with E-state index in [0.717, 1.165) is 22.4 Å². The molecule has 3 heterocycles. The van der Waals surface area contributed by atoms with Gasteiger partial charge in [-0.3, -0.25) is 14.7 Å². The summed E-state index contributed by atoms with van der Waals surface area (Å²) >= 11 is 7.72. The number of nitrogens with zero attached hydrogens (tertiary/aromatic N) is 4. The summed E-state index contributed by atoms with van der Waals surface area (Å²) in [5.74, 6) is -0.986. The standard InChI is InChI=1S/C25H22ClFN4O3S2/c26-21-4-1-5-22-23(21)29-25(35-22)31(16-17-3-2-12-28-15-17)24(32)18-10-13-30(14-11-18)36(33,34)20-8-6-19(27)7-9-20/h1-9,12,15,18H,10-11,13-14,16H2. The fourth-order valence-electron chi connectivity index (χ4n) is 4.25. The lowest BCUT2D eigenvalue weighted by atomic mass is 9.96. The molecule has 0 unspecified atom stereocenters. The predicted octanol–water partition coefficient (Wildman–Crippen LogP) is 5.12. The van der Waals surface area contributed by atoms with E-state index in [4.69, 9.17) is 11.6 Å². The number of hydrogen-bond acceptors (Lipinski definition) is 6. The number of pyridine rings is 1. The molecule has 0 atom stereocenters. The zero-order valence-corrected chi connectivity index (χ0v) is 21.4. The number of para-hydroxylation sites is 1. The molecule has 0 N–H and O–H groups in total. The lowest BCUT2D eigenvalue weighted by Gasteiger charge is -2.33. The maximum absolute atomic E-state index is 13.8. The number of benzene rings is 2.